The number of benzene rings is 3. The van der Waals surface area contributed by atoms with Gasteiger partial charge in [-0.1, -0.05) is 49.1 Å². The van der Waals surface area contributed by atoms with Crippen molar-refractivity contribution in [3.05, 3.63) is 105 Å². The van der Waals surface area contributed by atoms with Gasteiger partial charge in [0.05, 0.1) is 5.56 Å². The van der Waals surface area contributed by atoms with Crippen LogP contribution in [-0.2, 0) is 19.3 Å². The average Bonchev–Trinajstić information content (AvgIpc) is 2.75. The molecule has 0 aromatic heterocycles. The second kappa shape index (κ2) is 8.17. The molecule has 4 rings (SSSR count). The summed E-state index contributed by atoms with van der Waals surface area (Å²) in [5, 5.41) is 0. The topological polar surface area (TPSA) is 0 Å². The highest BCUT2D eigenvalue weighted by Gasteiger charge is 2.23. The van der Waals surface area contributed by atoms with Crippen molar-refractivity contribution < 1.29 is 13.2 Å². The van der Waals surface area contributed by atoms with Gasteiger partial charge in [0.2, 0.25) is 0 Å². The molecule has 3 aromatic rings. The normalized spacial score (nSPS) is 15.4. The van der Waals surface area contributed by atoms with Gasteiger partial charge in [0.1, 0.15) is 5.82 Å². The molecule has 0 saturated heterocycles. The van der Waals surface area contributed by atoms with Gasteiger partial charge in [-0.15, -0.1) is 0 Å². The zero-order valence-corrected chi connectivity index (χ0v) is 16.2. The fourth-order valence-electron chi connectivity index (χ4n) is 3.93. The second-order valence-corrected chi connectivity index (χ2v) is 7.48. The minimum Gasteiger partial charge on any atom is -0.205 e. The molecule has 0 amide bonds. The van der Waals surface area contributed by atoms with Gasteiger partial charge in [-0.2, -0.15) is 0 Å². The molecule has 1 aliphatic rings. The molecule has 0 nitrogen and oxygen atoms in total. The van der Waals surface area contributed by atoms with E-state index in [0.29, 0.717) is 23.5 Å². The van der Waals surface area contributed by atoms with Crippen LogP contribution in [0.4, 0.5) is 13.2 Å². The van der Waals surface area contributed by atoms with Crippen molar-refractivity contribution in [3.63, 3.8) is 0 Å². The van der Waals surface area contributed by atoms with Crippen molar-refractivity contribution in [3.8, 4) is 11.8 Å². The van der Waals surface area contributed by atoms with Crippen molar-refractivity contribution >= 4 is 0 Å². The number of fused-ring (bicyclic) bond motifs is 1. The third-order valence-corrected chi connectivity index (χ3v) is 5.67. The zero-order chi connectivity index (χ0) is 20.4. The smallest absolute Gasteiger partial charge is 0.160 e. The molecule has 0 heterocycles. The Labute approximate surface area is 169 Å². The maximum absolute atomic E-state index is 15.0. The maximum atomic E-state index is 15.0. The Hall–Kier alpha value is -2.99. The minimum absolute atomic E-state index is 0.291. The third-order valence-electron chi connectivity index (χ3n) is 5.67. The van der Waals surface area contributed by atoms with E-state index in [9.17, 15) is 13.2 Å². The highest BCUT2D eigenvalue weighted by molar-refractivity contribution is 5.48. The summed E-state index contributed by atoms with van der Waals surface area (Å²) in [6, 6.07) is 15.8. The summed E-state index contributed by atoms with van der Waals surface area (Å²) >= 11 is 0. The van der Waals surface area contributed by atoms with Crippen molar-refractivity contribution in [2.75, 3.05) is 0 Å². The lowest BCUT2D eigenvalue weighted by Gasteiger charge is -2.26. The summed E-state index contributed by atoms with van der Waals surface area (Å²) in [4.78, 5) is 0. The molecule has 1 aliphatic carbocycles. The van der Waals surface area contributed by atoms with Crippen molar-refractivity contribution in [2.24, 2.45) is 0 Å². The van der Waals surface area contributed by atoms with E-state index in [0.717, 1.165) is 42.5 Å². The molecule has 0 bridgehead atoms. The van der Waals surface area contributed by atoms with Gasteiger partial charge in [0.15, 0.2) is 11.6 Å². The quantitative estimate of drug-likeness (QED) is 0.448. The van der Waals surface area contributed by atoms with Crippen LogP contribution in [0.5, 0.6) is 0 Å². The molecule has 0 spiro atoms. The summed E-state index contributed by atoms with van der Waals surface area (Å²) in [5.41, 5.74) is 4.98. The van der Waals surface area contributed by atoms with Crippen molar-refractivity contribution in [1.82, 2.24) is 0 Å². The monoisotopic (exact) mass is 390 g/mol. The predicted molar refractivity (Wildman–Crippen MR) is 109 cm³/mol. The van der Waals surface area contributed by atoms with E-state index in [4.69, 9.17) is 0 Å². The van der Waals surface area contributed by atoms with E-state index >= 15 is 0 Å². The number of hydrogen-bond acceptors (Lipinski definition) is 0. The molecule has 3 heteroatoms. The van der Waals surface area contributed by atoms with Crippen LogP contribution >= 0.6 is 0 Å². The third kappa shape index (κ3) is 4.07. The van der Waals surface area contributed by atoms with E-state index < -0.39 is 11.6 Å². The highest BCUT2D eigenvalue weighted by Crippen LogP contribution is 2.34. The van der Waals surface area contributed by atoms with Gasteiger partial charge in [-0.3, -0.25) is 0 Å². The number of hydrogen-bond donors (Lipinski definition) is 0. The van der Waals surface area contributed by atoms with Gasteiger partial charge >= 0.3 is 0 Å². The molecule has 3 aromatic carbocycles. The molecular formula is C26H21F3. The van der Waals surface area contributed by atoms with Gasteiger partial charge in [0, 0.05) is 5.56 Å². The van der Waals surface area contributed by atoms with Gasteiger partial charge < -0.3 is 0 Å². The first-order chi connectivity index (χ1) is 14.0. The molecule has 0 aliphatic heterocycles. The first kappa shape index (κ1) is 19.3. The molecule has 0 fully saturated rings. The molecule has 29 heavy (non-hydrogen) atoms. The Bertz CT molecular complexity index is 1100. The Balaban J connectivity index is 1.57. The first-order valence-corrected chi connectivity index (χ1v) is 9.91. The summed E-state index contributed by atoms with van der Waals surface area (Å²) < 4.78 is 41.3. The van der Waals surface area contributed by atoms with Gasteiger partial charge in [-0.25, -0.2) is 13.2 Å². The molecule has 0 saturated carbocycles. The Morgan fingerprint density at radius 3 is 2.41 bits per heavy atom. The Morgan fingerprint density at radius 1 is 0.897 bits per heavy atom. The second-order valence-electron chi connectivity index (χ2n) is 7.48. The van der Waals surface area contributed by atoms with Crippen LogP contribution in [0.25, 0.3) is 0 Å². The van der Waals surface area contributed by atoms with Crippen LogP contribution in [0, 0.1) is 29.3 Å². The first-order valence-electron chi connectivity index (χ1n) is 9.91. The van der Waals surface area contributed by atoms with E-state index in [1.807, 2.05) is 6.07 Å². The van der Waals surface area contributed by atoms with Gasteiger partial charge in [0.25, 0.3) is 0 Å². The predicted octanol–water partition coefficient (Wildman–Crippen LogP) is 6.34. The van der Waals surface area contributed by atoms with Crippen LogP contribution in [0.2, 0.25) is 0 Å². The van der Waals surface area contributed by atoms with Crippen molar-refractivity contribution in [2.45, 2.75) is 38.5 Å². The number of halogens is 3. The Morgan fingerprint density at radius 2 is 1.69 bits per heavy atom. The van der Waals surface area contributed by atoms with Crippen LogP contribution < -0.4 is 0 Å². The summed E-state index contributed by atoms with van der Waals surface area (Å²) in [6.45, 7) is 2.14. The van der Waals surface area contributed by atoms with Crippen LogP contribution in [-0.4, -0.2) is 0 Å². The van der Waals surface area contributed by atoms with Gasteiger partial charge in [-0.05, 0) is 78.1 Å². The minimum atomic E-state index is -0.958. The van der Waals surface area contributed by atoms with Crippen LogP contribution in [0.1, 0.15) is 52.6 Å². The summed E-state index contributed by atoms with van der Waals surface area (Å²) in [7, 11) is 0. The summed E-state index contributed by atoms with van der Waals surface area (Å²) in [6.07, 6.45) is 3.40. The molecule has 0 N–H and O–H groups in total. The van der Waals surface area contributed by atoms with E-state index in [1.54, 1.807) is 6.07 Å². The molecule has 1 unspecified atom stereocenters. The van der Waals surface area contributed by atoms with Crippen LogP contribution in [0.15, 0.2) is 54.6 Å². The standard InChI is InChI=1S/C26H21F3/c1-2-17-3-7-19(8-4-17)21-12-13-23-22(16-21)11-10-20(26(23)29)9-5-18-6-14-24(27)25(28)15-18/h3-4,6-8,10-11,14-15,21H,2,12-13,16H2,1H3. The van der Waals surface area contributed by atoms with E-state index in [2.05, 4.69) is 43.0 Å². The molecular weight excluding hydrogens is 369 g/mol. The number of rotatable bonds is 2. The highest BCUT2D eigenvalue weighted by atomic mass is 19.2. The lowest BCUT2D eigenvalue weighted by atomic mass is 9.79. The lowest BCUT2D eigenvalue weighted by molar-refractivity contribution is 0.508. The SMILES string of the molecule is CCc1ccc(C2CCc3c(ccc(C#Cc4ccc(F)c(F)c4)c3F)C2)cc1. The average molecular weight is 390 g/mol. The maximum Gasteiger partial charge on any atom is 0.160 e. The molecule has 0 radical (unpaired) electrons. The van der Waals surface area contributed by atoms with E-state index in [-0.39, 0.29) is 5.82 Å². The van der Waals surface area contributed by atoms with E-state index in [1.165, 1.54) is 17.2 Å². The fourth-order valence-corrected chi connectivity index (χ4v) is 3.93. The Kier molecular flexibility index (Phi) is 5.45. The molecule has 146 valence electrons. The van der Waals surface area contributed by atoms with Crippen molar-refractivity contribution in [1.29, 1.82) is 0 Å². The summed E-state index contributed by atoms with van der Waals surface area (Å²) in [5.74, 6) is 3.71. The van der Waals surface area contributed by atoms with Crippen LogP contribution in [0.3, 0.4) is 0 Å². The zero-order valence-electron chi connectivity index (χ0n) is 16.2. The lowest BCUT2D eigenvalue weighted by Crippen LogP contribution is -2.15. The number of aryl methyl sites for hydroxylation is 1. The molecule has 1 atom stereocenters. The fraction of sp³-hybridized carbons (Fsp3) is 0.231. The largest absolute Gasteiger partial charge is 0.205 e.